The molecule has 0 radical (unpaired) electrons. The summed E-state index contributed by atoms with van der Waals surface area (Å²) in [7, 11) is 0. The van der Waals surface area contributed by atoms with Gasteiger partial charge in [0, 0.05) is 0 Å². The number of nitrogens with zero attached hydrogens (tertiary/aromatic N) is 2. The van der Waals surface area contributed by atoms with Crippen LogP contribution in [0.3, 0.4) is 0 Å². The summed E-state index contributed by atoms with van der Waals surface area (Å²) in [5, 5.41) is 7.21. The zero-order valence-corrected chi connectivity index (χ0v) is 7.15. The lowest BCUT2D eigenvalue weighted by Crippen LogP contribution is -2.12. The average molecular weight is 182 g/mol. The molecule has 0 bridgehead atoms. The first-order chi connectivity index (χ1) is 6.27. The van der Waals surface area contributed by atoms with Crippen LogP contribution in [0, 0.1) is 0 Å². The molecule has 0 fully saturated rings. The molecule has 3 N–H and O–H groups in total. The maximum Gasteiger partial charge on any atom is 0.358 e. The number of carbonyl (C=O) groups is 1. The molecule has 6 heteroatoms. The Balaban J connectivity index is 2.74. The molecule has 1 aromatic heterocycles. The van der Waals surface area contributed by atoms with Gasteiger partial charge in [-0.3, -0.25) is 0 Å². The predicted molar refractivity (Wildman–Crippen MR) is 45.8 cm³/mol. The second-order valence-electron chi connectivity index (χ2n) is 2.17. The molecule has 1 heterocycles. The third kappa shape index (κ3) is 2.38. The Kier molecular flexibility index (Phi) is 3.15. The standard InChI is InChI=1S/C7H10N4O2/c1-2-13-7(12)5-3-4-6(9-8)11-10-5/h3-4H,2,8H2,1H3,(H,9,11). The van der Waals surface area contributed by atoms with E-state index >= 15 is 0 Å². The van der Waals surface area contributed by atoms with Gasteiger partial charge in [-0.25, -0.2) is 10.6 Å². The number of rotatable bonds is 3. The van der Waals surface area contributed by atoms with E-state index in [1.807, 2.05) is 0 Å². The van der Waals surface area contributed by atoms with Gasteiger partial charge in [-0.2, -0.15) is 0 Å². The molecule has 0 aliphatic heterocycles. The third-order valence-corrected chi connectivity index (χ3v) is 1.30. The first kappa shape index (κ1) is 9.40. The summed E-state index contributed by atoms with van der Waals surface area (Å²) in [4.78, 5) is 11.1. The van der Waals surface area contributed by atoms with E-state index in [0.29, 0.717) is 12.4 Å². The summed E-state index contributed by atoms with van der Waals surface area (Å²) < 4.78 is 4.71. The molecule has 1 rings (SSSR count). The van der Waals surface area contributed by atoms with E-state index in [0.717, 1.165) is 0 Å². The molecule has 0 atom stereocenters. The lowest BCUT2D eigenvalue weighted by Gasteiger charge is -2.00. The summed E-state index contributed by atoms with van der Waals surface area (Å²) in [6.45, 7) is 2.04. The normalized spacial score (nSPS) is 9.38. The number of nitrogen functional groups attached to an aromatic ring is 1. The van der Waals surface area contributed by atoms with Gasteiger partial charge in [0.25, 0.3) is 0 Å². The first-order valence-corrected chi connectivity index (χ1v) is 3.75. The molecule has 0 spiro atoms. The highest BCUT2D eigenvalue weighted by Crippen LogP contribution is 2.01. The molecule has 0 saturated carbocycles. The molecule has 0 unspecified atom stereocenters. The van der Waals surface area contributed by atoms with Gasteiger partial charge in [0.05, 0.1) is 6.61 Å². The van der Waals surface area contributed by atoms with Gasteiger partial charge in [-0.1, -0.05) is 0 Å². The second-order valence-corrected chi connectivity index (χ2v) is 2.17. The Labute approximate surface area is 75.1 Å². The Morgan fingerprint density at radius 1 is 1.62 bits per heavy atom. The van der Waals surface area contributed by atoms with Crippen molar-refractivity contribution < 1.29 is 9.53 Å². The van der Waals surface area contributed by atoms with Gasteiger partial charge < -0.3 is 10.2 Å². The van der Waals surface area contributed by atoms with E-state index in [1.54, 1.807) is 13.0 Å². The first-order valence-electron chi connectivity index (χ1n) is 3.75. The number of hydrogen-bond acceptors (Lipinski definition) is 6. The highest BCUT2D eigenvalue weighted by atomic mass is 16.5. The molecule has 70 valence electrons. The van der Waals surface area contributed by atoms with Crippen LogP contribution in [-0.2, 0) is 4.74 Å². The number of nitrogens with two attached hydrogens (primary N) is 1. The van der Waals surface area contributed by atoms with Gasteiger partial charge in [0.15, 0.2) is 11.5 Å². The van der Waals surface area contributed by atoms with E-state index in [1.165, 1.54) is 6.07 Å². The minimum absolute atomic E-state index is 0.167. The van der Waals surface area contributed by atoms with Gasteiger partial charge in [0.2, 0.25) is 0 Å². The number of hydrazine groups is 1. The molecule has 0 aromatic carbocycles. The Morgan fingerprint density at radius 2 is 2.38 bits per heavy atom. The molecule has 6 nitrogen and oxygen atoms in total. The number of aromatic nitrogens is 2. The topological polar surface area (TPSA) is 90.1 Å². The third-order valence-electron chi connectivity index (χ3n) is 1.30. The zero-order chi connectivity index (χ0) is 9.68. The maximum atomic E-state index is 11.1. The molecule has 13 heavy (non-hydrogen) atoms. The Hall–Kier alpha value is -1.69. The summed E-state index contributed by atoms with van der Waals surface area (Å²) in [5.41, 5.74) is 2.47. The fraction of sp³-hybridized carbons (Fsp3) is 0.286. The predicted octanol–water partition coefficient (Wildman–Crippen LogP) is -0.0611. The monoisotopic (exact) mass is 182 g/mol. The summed E-state index contributed by atoms with van der Waals surface area (Å²) >= 11 is 0. The minimum atomic E-state index is -0.487. The van der Waals surface area contributed by atoms with Gasteiger partial charge in [0.1, 0.15) is 0 Å². The quantitative estimate of drug-likeness (QED) is 0.386. The summed E-state index contributed by atoms with van der Waals surface area (Å²) in [6.07, 6.45) is 0. The number of ether oxygens (including phenoxy) is 1. The van der Waals surface area contributed by atoms with Crippen molar-refractivity contribution in [3.63, 3.8) is 0 Å². The van der Waals surface area contributed by atoms with Crippen molar-refractivity contribution in [2.75, 3.05) is 12.0 Å². The van der Waals surface area contributed by atoms with E-state index in [4.69, 9.17) is 10.6 Å². The van der Waals surface area contributed by atoms with Crippen molar-refractivity contribution in [1.82, 2.24) is 10.2 Å². The van der Waals surface area contributed by atoms with E-state index in [9.17, 15) is 4.79 Å². The van der Waals surface area contributed by atoms with Crippen molar-refractivity contribution in [2.45, 2.75) is 6.92 Å². The van der Waals surface area contributed by atoms with Gasteiger partial charge >= 0.3 is 5.97 Å². The lowest BCUT2D eigenvalue weighted by molar-refractivity contribution is 0.0518. The summed E-state index contributed by atoms with van der Waals surface area (Å²) in [5.74, 6) is 4.97. The van der Waals surface area contributed by atoms with Crippen LogP contribution in [-0.4, -0.2) is 22.8 Å². The number of esters is 1. The van der Waals surface area contributed by atoms with Gasteiger partial charge in [-0.15, -0.1) is 10.2 Å². The fourth-order valence-corrected chi connectivity index (χ4v) is 0.723. The number of hydrogen-bond donors (Lipinski definition) is 2. The van der Waals surface area contributed by atoms with Gasteiger partial charge in [-0.05, 0) is 19.1 Å². The van der Waals surface area contributed by atoms with E-state index in [2.05, 4.69) is 15.6 Å². The fourth-order valence-electron chi connectivity index (χ4n) is 0.723. The lowest BCUT2D eigenvalue weighted by atomic mass is 10.4. The Morgan fingerprint density at radius 3 is 2.85 bits per heavy atom. The molecule has 0 aliphatic carbocycles. The van der Waals surface area contributed by atoms with Crippen LogP contribution in [0.4, 0.5) is 5.82 Å². The second kappa shape index (κ2) is 4.36. The van der Waals surface area contributed by atoms with Crippen molar-refractivity contribution in [3.05, 3.63) is 17.8 Å². The van der Waals surface area contributed by atoms with Crippen LogP contribution in [0.5, 0.6) is 0 Å². The zero-order valence-electron chi connectivity index (χ0n) is 7.15. The smallest absolute Gasteiger partial charge is 0.358 e. The summed E-state index contributed by atoms with van der Waals surface area (Å²) in [6, 6.07) is 3.03. The van der Waals surface area contributed by atoms with Crippen LogP contribution in [0.15, 0.2) is 12.1 Å². The average Bonchev–Trinajstić information content (AvgIpc) is 2.18. The van der Waals surface area contributed by atoms with Crippen LogP contribution >= 0.6 is 0 Å². The molecular formula is C7H10N4O2. The van der Waals surface area contributed by atoms with Crippen molar-refractivity contribution in [3.8, 4) is 0 Å². The molecule has 0 aliphatic rings. The van der Waals surface area contributed by atoms with Crippen molar-refractivity contribution >= 4 is 11.8 Å². The number of carbonyl (C=O) groups excluding carboxylic acids is 1. The van der Waals surface area contributed by atoms with Crippen LogP contribution in [0.25, 0.3) is 0 Å². The molecule has 1 aromatic rings. The van der Waals surface area contributed by atoms with Crippen molar-refractivity contribution in [2.24, 2.45) is 5.84 Å². The largest absolute Gasteiger partial charge is 0.461 e. The van der Waals surface area contributed by atoms with Crippen LogP contribution in [0.1, 0.15) is 17.4 Å². The molecular weight excluding hydrogens is 172 g/mol. The SMILES string of the molecule is CCOC(=O)c1ccc(NN)nn1. The number of anilines is 1. The molecule has 0 amide bonds. The molecule has 0 saturated heterocycles. The van der Waals surface area contributed by atoms with Crippen molar-refractivity contribution in [1.29, 1.82) is 0 Å². The number of nitrogens with one attached hydrogen (secondary N) is 1. The van der Waals surface area contributed by atoms with Crippen LogP contribution in [0.2, 0.25) is 0 Å². The minimum Gasteiger partial charge on any atom is -0.461 e. The van der Waals surface area contributed by atoms with Crippen LogP contribution < -0.4 is 11.3 Å². The maximum absolute atomic E-state index is 11.1. The highest BCUT2D eigenvalue weighted by Gasteiger charge is 2.07. The van der Waals surface area contributed by atoms with E-state index < -0.39 is 5.97 Å². The Bertz CT molecular complexity index is 285. The van der Waals surface area contributed by atoms with E-state index in [-0.39, 0.29) is 5.69 Å². The highest BCUT2D eigenvalue weighted by molar-refractivity contribution is 5.87.